The van der Waals surface area contributed by atoms with Crippen LogP contribution < -0.4 is 0 Å². The first-order valence-corrected chi connectivity index (χ1v) is 0.667. The first-order valence-electron chi connectivity index (χ1n) is 0.667. The second kappa shape index (κ2) is 0.908. The molecule has 0 fully saturated rings. The lowest BCUT2D eigenvalue weighted by Gasteiger charge is -1.38. The molecule has 0 atom stereocenters. The zero-order valence-electron chi connectivity index (χ0n) is 1.83. The molecule has 0 spiro atoms. The Bertz CT molecular complexity index is 27.0. The summed E-state index contributed by atoms with van der Waals surface area (Å²) >= 11 is 0. The minimum Gasteiger partial charge on any atom is -0.120 e. The molecule has 0 amide bonds. The van der Waals surface area contributed by atoms with Gasteiger partial charge in [0.1, 0.15) is 0 Å². The molecule has 0 nitrogen and oxygen atoms in total. The third-order valence-electron chi connectivity index (χ3n) is 0. The third kappa shape index (κ3) is 1.64. The Labute approximate surface area is 22.7 Å². The van der Waals surface area contributed by atoms with Gasteiger partial charge in [-0.2, -0.15) is 0 Å². The smallest absolute Gasteiger partial charge is 0.120 e. The molecule has 0 rings (SSSR count). The van der Waals surface area contributed by atoms with Crippen molar-refractivity contribution in [3.05, 3.63) is 12.7 Å². The first-order chi connectivity index (χ1) is 1.73. The molecule has 4 heavy (non-hydrogen) atoms. The number of rotatable bonds is 0. The predicted molar refractivity (Wildman–Crippen MR) is 10.0 cm³/mol. The van der Waals surface area contributed by atoms with Crippen LogP contribution in [0.15, 0.2) is 6.08 Å². The van der Waals surface area contributed by atoms with E-state index in [0.29, 0.717) is 0 Å². The Morgan fingerprint density at radius 3 is 1.50 bits per heavy atom. The van der Waals surface area contributed by atoms with Gasteiger partial charge in [0.2, 0.25) is 0 Å². The summed E-state index contributed by atoms with van der Waals surface area (Å²) in [5, 5.41) is 0. The third-order valence-corrected chi connectivity index (χ3v) is 0. The van der Waals surface area contributed by atoms with Gasteiger partial charge in [-0.1, -0.05) is 0 Å². The lowest BCUT2D eigenvalue weighted by atomic mass is 11.2. The van der Waals surface area contributed by atoms with Gasteiger partial charge in [0, 0.05) is 0 Å². The van der Waals surface area contributed by atoms with Gasteiger partial charge in [-0.25, -0.2) is 0 Å². The summed E-state index contributed by atoms with van der Waals surface area (Å²) < 4.78 is 20.1. The SMILES string of the molecule is [CH+]=C(F)F. The van der Waals surface area contributed by atoms with Crippen molar-refractivity contribution in [3.63, 3.8) is 0 Å². The van der Waals surface area contributed by atoms with Gasteiger partial charge in [0.25, 0.3) is 6.58 Å². The first kappa shape index (κ1) is 3.51. The summed E-state index contributed by atoms with van der Waals surface area (Å²) in [5.74, 6) is 0. The van der Waals surface area contributed by atoms with Crippen LogP contribution in [-0.2, 0) is 0 Å². The minimum absolute atomic E-state index is 2.08. The molecule has 0 aromatic rings. The van der Waals surface area contributed by atoms with Gasteiger partial charge >= 0.3 is 6.08 Å². The fourth-order valence-electron chi connectivity index (χ4n) is 0. The van der Waals surface area contributed by atoms with Crippen LogP contribution in [0.4, 0.5) is 8.78 Å². The van der Waals surface area contributed by atoms with E-state index >= 15 is 0 Å². The van der Waals surface area contributed by atoms with Crippen molar-refractivity contribution in [1.29, 1.82) is 0 Å². The Morgan fingerprint density at radius 2 is 1.50 bits per heavy atom. The van der Waals surface area contributed by atoms with Crippen LogP contribution >= 0.6 is 0 Å². The van der Waals surface area contributed by atoms with Crippen molar-refractivity contribution in [2.75, 3.05) is 0 Å². The average Bonchev–Trinajstić information content (AvgIpc) is 0.811. The zero-order valence-corrected chi connectivity index (χ0v) is 1.83. The van der Waals surface area contributed by atoms with Crippen molar-refractivity contribution in [3.8, 4) is 0 Å². The Morgan fingerprint density at radius 1 is 1.50 bits per heavy atom. The monoisotopic (exact) mass is 63.0 g/mol. The quantitative estimate of drug-likeness (QED) is 0.370. The Hall–Kier alpha value is -0.490. The molecular formula is C2HF2+. The normalized spacial score (nSPS) is 6.25. The van der Waals surface area contributed by atoms with E-state index in [1.165, 1.54) is 0 Å². The van der Waals surface area contributed by atoms with Crippen molar-refractivity contribution in [1.82, 2.24) is 0 Å². The second-order valence-corrected chi connectivity index (χ2v) is 0.290. The Kier molecular flexibility index (Phi) is 0.797. The topological polar surface area (TPSA) is 0 Å². The maximum absolute atomic E-state index is 10.0. The predicted octanol–water partition coefficient (Wildman–Crippen LogP) is 1.20. The maximum atomic E-state index is 10.0. The lowest BCUT2D eigenvalue weighted by Crippen LogP contribution is -1.34. The van der Waals surface area contributed by atoms with Crippen molar-refractivity contribution >= 4 is 0 Å². The molecular weight excluding hydrogens is 62.0 g/mol. The average molecular weight is 63.0 g/mol. The van der Waals surface area contributed by atoms with E-state index in [-0.39, 0.29) is 0 Å². The molecule has 0 aliphatic carbocycles. The number of hydrogen-bond donors (Lipinski definition) is 0. The van der Waals surface area contributed by atoms with Crippen molar-refractivity contribution < 1.29 is 8.78 Å². The maximum Gasteiger partial charge on any atom is 0.518 e. The number of hydrogen-bond acceptors (Lipinski definition) is 0. The molecule has 0 heterocycles. The van der Waals surface area contributed by atoms with E-state index < -0.39 is 6.08 Å². The molecule has 0 saturated carbocycles. The summed E-state index contributed by atoms with van der Waals surface area (Å²) in [6.07, 6.45) is -2.08. The van der Waals surface area contributed by atoms with Gasteiger partial charge in [0.05, 0.1) is 0 Å². The zero-order chi connectivity index (χ0) is 3.58. The molecule has 22 valence electrons. The van der Waals surface area contributed by atoms with E-state index in [1.54, 1.807) is 0 Å². The van der Waals surface area contributed by atoms with E-state index in [4.69, 9.17) is 0 Å². The number of halogens is 2. The van der Waals surface area contributed by atoms with E-state index in [2.05, 4.69) is 6.58 Å². The summed E-state index contributed by atoms with van der Waals surface area (Å²) in [6, 6.07) is 0. The molecule has 0 aliphatic heterocycles. The van der Waals surface area contributed by atoms with Crippen LogP contribution in [-0.4, -0.2) is 0 Å². The molecule has 0 saturated heterocycles. The van der Waals surface area contributed by atoms with Crippen LogP contribution in [0.3, 0.4) is 0 Å². The van der Waals surface area contributed by atoms with Gasteiger partial charge in [-0.15, -0.1) is 8.78 Å². The molecule has 0 aliphatic rings. The summed E-state index contributed by atoms with van der Waals surface area (Å²) in [6.45, 7) is 3.69. The molecule has 0 unspecified atom stereocenters. The molecule has 0 bridgehead atoms. The highest BCUT2D eigenvalue weighted by Gasteiger charge is 1.85. The van der Waals surface area contributed by atoms with E-state index in [0.717, 1.165) is 0 Å². The summed E-state index contributed by atoms with van der Waals surface area (Å²) in [7, 11) is 0. The Balaban J connectivity index is 2.80. The van der Waals surface area contributed by atoms with Crippen LogP contribution in [0.25, 0.3) is 0 Å². The van der Waals surface area contributed by atoms with Gasteiger partial charge in [0.15, 0.2) is 0 Å². The van der Waals surface area contributed by atoms with Gasteiger partial charge in [-0.05, 0) is 0 Å². The molecule has 0 aromatic heterocycles. The molecule has 0 N–H and O–H groups in total. The summed E-state index contributed by atoms with van der Waals surface area (Å²) in [5.41, 5.74) is 0. The van der Waals surface area contributed by atoms with E-state index in [1.807, 2.05) is 0 Å². The molecule has 2 heteroatoms. The van der Waals surface area contributed by atoms with Crippen molar-refractivity contribution in [2.45, 2.75) is 0 Å². The van der Waals surface area contributed by atoms with Crippen LogP contribution in [0.2, 0.25) is 0 Å². The minimum atomic E-state index is -2.08. The van der Waals surface area contributed by atoms with Gasteiger partial charge in [-0.3, -0.25) is 0 Å². The van der Waals surface area contributed by atoms with Crippen LogP contribution in [0, 0.1) is 6.58 Å². The van der Waals surface area contributed by atoms with Crippen LogP contribution in [0.5, 0.6) is 0 Å². The van der Waals surface area contributed by atoms with Crippen LogP contribution in [0.1, 0.15) is 0 Å². The fraction of sp³-hybridized carbons (Fsp3) is 0. The highest BCUT2D eigenvalue weighted by molar-refractivity contribution is 4.50. The van der Waals surface area contributed by atoms with Crippen molar-refractivity contribution in [2.24, 2.45) is 0 Å². The fourth-order valence-corrected chi connectivity index (χ4v) is 0. The highest BCUT2D eigenvalue weighted by atomic mass is 19.3. The lowest BCUT2D eigenvalue weighted by molar-refractivity contribution is 0.423. The summed E-state index contributed by atoms with van der Waals surface area (Å²) in [4.78, 5) is 0. The molecule has 0 radical (unpaired) electrons. The van der Waals surface area contributed by atoms with Gasteiger partial charge < -0.3 is 0 Å². The largest absolute Gasteiger partial charge is 0.518 e. The standard InChI is InChI=1S/C2HF2/c1-2(3)4/h1H/q+1. The highest BCUT2D eigenvalue weighted by Crippen LogP contribution is 1.84. The van der Waals surface area contributed by atoms with E-state index in [9.17, 15) is 8.78 Å². The molecule has 0 aromatic carbocycles. The second-order valence-electron chi connectivity index (χ2n) is 0.290.